The number of carbonyl (C=O) groups excluding carboxylic acids is 1. The maximum atomic E-state index is 12.8. The number of ether oxygens (including phenoxy) is 1. The van der Waals surface area contributed by atoms with Gasteiger partial charge in [-0.3, -0.25) is 4.79 Å². The molecule has 0 aliphatic heterocycles. The highest BCUT2D eigenvalue weighted by Gasteiger charge is 2.22. The number of nitrogens with two attached hydrogens (primary N) is 1. The molecule has 32 heavy (non-hydrogen) atoms. The molecule has 1 atom stereocenters. The van der Waals surface area contributed by atoms with Crippen LogP contribution >= 0.6 is 0 Å². The molecule has 168 valence electrons. The molecule has 4 rings (SSSR count). The molecule has 2 aromatic carbocycles. The van der Waals surface area contributed by atoms with Gasteiger partial charge in [0.05, 0.1) is 5.52 Å². The maximum absolute atomic E-state index is 12.8. The van der Waals surface area contributed by atoms with Crippen LogP contribution in [0.3, 0.4) is 0 Å². The average Bonchev–Trinajstić information content (AvgIpc) is 2.82. The molecule has 1 fully saturated rings. The number of pyridine rings is 1. The van der Waals surface area contributed by atoms with E-state index in [1.807, 2.05) is 24.3 Å². The number of benzene rings is 2. The van der Waals surface area contributed by atoms with Crippen LogP contribution in [0, 0.1) is 12.8 Å². The Morgan fingerprint density at radius 3 is 2.69 bits per heavy atom. The lowest BCUT2D eigenvalue weighted by Crippen LogP contribution is -2.40. The fourth-order valence-electron chi connectivity index (χ4n) is 4.70. The number of amides is 1. The summed E-state index contributed by atoms with van der Waals surface area (Å²) in [4.78, 5) is 17.4. The van der Waals surface area contributed by atoms with Gasteiger partial charge in [0.25, 0.3) is 0 Å². The summed E-state index contributed by atoms with van der Waals surface area (Å²) >= 11 is 0. The molecule has 5 heteroatoms. The predicted octanol–water partition coefficient (Wildman–Crippen LogP) is 5.05. The number of methoxy groups -OCH3 is 1. The second-order valence-corrected chi connectivity index (χ2v) is 8.93. The zero-order valence-corrected chi connectivity index (χ0v) is 19.1. The number of hydrogen-bond acceptors (Lipinski definition) is 4. The second kappa shape index (κ2) is 10.1. The number of anilines is 1. The van der Waals surface area contributed by atoms with Crippen LogP contribution in [0.2, 0.25) is 0 Å². The minimum absolute atomic E-state index is 0.0776. The number of fused-ring (bicyclic) bond motifs is 1. The van der Waals surface area contributed by atoms with Gasteiger partial charge in [0.15, 0.2) is 0 Å². The van der Waals surface area contributed by atoms with Crippen LogP contribution < -0.4 is 11.1 Å². The molecule has 3 N–H and O–H groups in total. The Morgan fingerprint density at radius 1 is 1.16 bits per heavy atom. The Balaban J connectivity index is 1.52. The zero-order chi connectivity index (χ0) is 22.5. The van der Waals surface area contributed by atoms with E-state index in [9.17, 15) is 4.79 Å². The summed E-state index contributed by atoms with van der Waals surface area (Å²) in [5, 5.41) is 4.10. The smallest absolute Gasteiger partial charge is 0.249 e. The van der Waals surface area contributed by atoms with Crippen LogP contribution in [0.4, 0.5) is 5.82 Å². The SMILES string of the molecule is COC(Cc1cc2cc(-c3ccccc3C)ccc2nc1N)C(=O)NCC1CCCCC1. The Hall–Kier alpha value is -2.92. The van der Waals surface area contributed by atoms with Crippen LogP contribution in [-0.4, -0.2) is 30.6 Å². The van der Waals surface area contributed by atoms with Gasteiger partial charge in [0.1, 0.15) is 11.9 Å². The van der Waals surface area contributed by atoms with Crippen molar-refractivity contribution in [2.24, 2.45) is 5.92 Å². The first-order chi connectivity index (χ1) is 15.5. The standard InChI is InChI=1S/C27H33N3O2/c1-18-8-6-7-11-23(18)20-12-13-24-21(14-20)15-22(26(28)30-24)16-25(32-2)27(31)29-17-19-9-4-3-5-10-19/h6-8,11-15,19,25H,3-5,9-10,16-17H2,1-2H3,(H2,28,30)(H,29,31). The molecule has 0 bridgehead atoms. The van der Waals surface area contributed by atoms with E-state index in [1.54, 1.807) is 7.11 Å². The van der Waals surface area contributed by atoms with E-state index in [-0.39, 0.29) is 5.91 Å². The summed E-state index contributed by atoms with van der Waals surface area (Å²) in [6.45, 7) is 2.84. The molecular weight excluding hydrogens is 398 g/mol. The molecule has 5 nitrogen and oxygen atoms in total. The fourth-order valence-corrected chi connectivity index (χ4v) is 4.70. The van der Waals surface area contributed by atoms with Crippen molar-refractivity contribution in [3.63, 3.8) is 0 Å². The van der Waals surface area contributed by atoms with Gasteiger partial charge < -0.3 is 15.8 Å². The van der Waals surface area contributed by atoms with Crippen molar-refractivity contribution in [1.29, 1.82) is 0 Å². The maximum Gasteiger partial charge on any atom is 0.249 e. The molecule has 1 amide bonds. The molecular formula is C27H33N3O2. The third-order valence-electron chi connectivity index (χ3n) is 6.66. The van der Waals surface area contributed by atoms with Gasteiger partial charge in [-0.2, -0.15) is 0 Å². The van der Waals surface area contributed by atoms with Gasteiger partial charge in [0.2, 0.25) is 5.91 Å². The van der Waals surface area contributed by atoms with Gasteiger partial charge in [0, 0.05) is 25.5 Å². The van der Waals surface area contributed by atoms with E-state index in [0.717, 1.165) is 28.6 Å². The number of carbonyl (C=O) groups is 1. The zero-order valence-electron chi connectivity index (χ0n) is 19.1. The van der Waals surface area contributed by atoms with Crippen molar-refractivity contribution >= 4 is 22.6 Å². The summed E-state index contributed by atoms with van der Waals surface area (Å²) in [5.41, 5.74) is 11.5. The first kappa shape index (κ1) is 22.3. The number of nitrogens with zero attached hydrogens (tertiary/aromatic N) is 1. The first-order valence-electron chi connectivity index (χ1n) is 11.6. The third kappa shape index (κ3) is 5.10. The van der Waals surface area contributed by atoms with Crippen molar-refractivity contribution in [2.45, 2.75) is 51.6 Å². The Kier molecular flexibility index (Phi) is 7.05. The number of aromatic nitrogens is 1. The monoisotopic (exact) mass is 431 g/mol. The highest BCUT2D eigenvalue weighted by Crippen LogP contribution is 2.28. The Morgan fingerprint density at radius 2 is 1.94 bits per heavy atom. The average molecular weight is 432 g/mol. The van der Waals surface area contributed by atoms with Gasteiger partial charge in [-0.25, -0.2) is 4.98 Å². The van der Waals surface area contributed by atoms with Crippen LogP contribution in [0.15, 0.2) is 48.5 Å². The van der Waals surface area contributed by atoms with Crippen molar-refractivity contribution in [2.75, 3.05) is 19.4 Å². The van der Waals surface area contributed by atoms with Crippen molar-refractivity contribution in [3.05, 3.63) is 59.7 Å². The van der Waals surface area contributed by atoms with Gasteiger partial charge in [-0.05, 0) is 66.1 Å². The number of rotatable bonds is 7. The highest BCUT2D eigenvalue weighted by molar-refractivity contribution is 5.87. The molecule has 1 heterocycles. The Labute approximate surface area is 190 Å². The minimum Gasteiger partial charge on any atom is -0.383 e. The van der Waals surface area contributed by atoms with Gasteiger partial charge in [-0.1, -0.05) is 49.6 Å². The molecule has 0 radical (unpaired) electrons. The summed E-state index contributed by atoms with van der Waals surface area (Å²) in [6.07, 6.45) is 6.04. The minimum atomic E-state index is -0.584. The van der Waals surface area contributed by atoms with Crippen LogP contribution in [0.5, 0.6) is 0 Å². The topological polar surface area (TPSA) is 77.2 Å². The lowest BCUT2D eigenvalue weighted by Gasteiger charge is -2.23. The molecule has 1 saturated carbocycles. The van der Waals surface area contributed by atoms with E-state index in [1.165, 1.54) is 43.2 Å². The van der Waals surface area contributed by atoms with E-state index in [2.05, 4.69) is 41.5 Å². The quantitative estimate of drug-likeness (QED) is 0.549. The van der Waals surface area contributed by atoms with E-state index >= 15 is 0 Å². The van der Waals surface area contributed by atoms with E-state index < -0.39 is 6.10 Å². The predicted molar refractivity (Wildman–Crippen MR) is 130 cm³/mol. The highest BCUT2D eigenvalue weighted by atomic mass is 16.5. The molecule has 1 aromatic heterocycles. The van der Waals surface area contributed by atoms with Gasteiger partial charge in [-0.15, -0.1) is 0 Å². The summed E-state index contributed by atoms with van der Waals surface area (Å²) < 4.78 is 5.54. The number of nitrogens with one attached hydrogen (secondary N) is 1. The van der Waals surface area contributed by atoms with Crippen molar-refractivity contribution in [3.8, 4) is 11.1 Å². The Bertz CT molecular complexity index is 1090. The van der Waals surface area contributed by atoms with E-state index in [0.29, 0.717) is 18.2 Å². The van der Waals surface area contributed by atoms with Gasteiger partial charge >= 0.3 is 0 Å². The third-order valence-corrected chi connectivity index (χ3v) is 6.66. The largest absolute Gasteiger partial charge is 0.383 e. The fraction of sp³-hybridized carbons (Fsp3) is 0.407. The molecule has 1 unspecified atom stereocenters. The van der Waals surface area contributed by atoms with Crippen LogP contribution in [0.1, 0.15) is 43.2 Å². The van der Waals surface area contributed by atoms with Crippen LogP contribution in [0.25, 0.3) is 22.0 Å². The normalized spacial score (nSPS) is 15.6. The number of aryl methyl sites for hydroxylation is 1. The number of nitrogen functional groups attached to an aromatic ring is 1. The summed E-state index contributed by atoms with van der Waals surface area (Å²) in [7, 11) is 1.58. The van der Waals surface area contributed by atoms with Crippen LogP contribution in [-0.2, 0) is 16.0 Å². The number of hydrogen-bond donors (Lipinski definition) is 2. The summed E-state index contributed by atoms with van der Waals surface area (Å²) in [6, 6.07) is 16.6. The molecule has 1 aliphatic carbocycles. The molecule has 1 aliphatic rings. The molecule has 3 aromatic rings. The van der Waals surface area contributed by atoms with E-state index in [4.69, 9.17) is 10.5 Å². The second-order valence-electron chi connectivity index (χ2n) is 8.93. The van der Waals surface area contributed by atoms with Crippen molar-refractivity contribution in [1.82, 2.24) is 10.3 Å². The molecule has 0 saturated heterocycles. The lowest BCUT2D eigenvalue weighted by atomic mass is 9.89. The first-order valence-corrected chi connectivity index (χ1v) is 11.6. The molecule has 0 spiro atoms. The summed E-state index contributed by atoms with van der Waals surface area (Å²) in [5.74, 6) is 0.951. The lowest BCUT2D eigenvalue weighted by molar-refractivity contribution is -0.131. The van der Waals surface area contributed by atoms with Crippen molar-refractivity contribution < 1.29 is 9.53 Å².